The van der Waals surface area contributed by atoms with E-state index in [2.05, 4.69) is 4.99 Å². The van der Waals surface area contributed by atoms with Crippen LogP contribution in [0.5, 0.6) is 0 Å². The van der Waals surface area contributed by atoms with Gasteiger partial charge in [0.05, 0.1) is 13.0 Å². The van der Waals surface area contributed by atoms with Gasteiger partial charge in [-0.1, -0.05) is 36.5 Å². The molecule has 0 saturated heterocycles. The lowest BCUT2D eigenvalue weighted by molar-refractivity contribution is 0.384. The SMILES string of the molecule is CN=C(OC)C1C=CC=CC=C1. The molecule has 64 valence electrons. The quantitative estimate of drug-likeness (QED) is 0.427. The third-order valence-electron chi connectivity index (χ3n) is 1.68. The third kappa shape index (κ3) is 2.09. The maximum absolute atomic E-state index is 5.11. The molecule has 1 aliphatic rings. The fraction of sp³-hybridized carbons (Fsp3) is 0.300. The topological polar surface area (TPSA) is 21.6 Å². The summed E-state index contributed by atoms with van der Waals surface area (Å²) in [4.78, 5) is 4.04. The first kappa shape index (κ1) is 8.78. The lowest BCUT2D eigenvalue weighted by Crippen LogP contribution is -2.11. The highest BCUT2D eigenvalue weighted by Gasteiger charge is 2.08. The van der Waals surface area contributed by atoms with Gasteiger partial charge >= 0.3 is 0 Å². The number of ether oxygens (including phenoxy) is 1. The van der Waals surface area contributed by atoms with Gasteiger partial charge in [0.15, 0.2) is 5.90 Å². The Bertz CT molecular complexity index is 233. The second kappa shape index (κ2) is 4.54. The van der Waals surface area contributed by atoms with Crippen LogP contribution in [-0.2, 0) is 4.74 Å². The van der Waals surface area contributed by atoms with Crippen LogP contribution >= 0.6 is 0 Å². The molecule has 0 fully saturated rings. The zero-order valence-electron chi connectivity index (χ0n) is 7.40. The maximum Gasteiger partial charge on any atom is 0.193 e. The molecule has 0 aromatic heterocycles. The van der Waals surface area contributed by atoms with Gasteiger partial charge in [0.25, 0.3) is 0 Å². The van der Waals surface area contributed by atoms with Crippen LogP contribution in [-0.4, -0.2) is 20.1 Å². The minimum atomic E-state index is 0.176. The summed E-state index contributed by atoms with van der Waals surface area (Å²) in [6, 6.07) is 0. The first-order chi connectivity index (χ1) is 5.88. The van der Waals surface area contributed by atoms with Gasteiger partial charge in [0.2, 0.25) is 0 Å². The highest BCUT2D eigenvalue weighted by atomic mass is 16.5. The average Bonchev–Trinajstić information content (AvgIpc) is 2.35. The molecule has 2 nitrogen and oxygen atoms in total. The van der Waals surface area contributed by atoms with Crippen LogP contribution in [0.25, 0.3) is 0 Å². The van der Waals surface area contributed by atoms with Crippen LogP contribution in [0.2, 0.25) is 0 Å². The Labute approximate surface area is 73.0 Å². The predicted octanol–water partition coefficient (Wildman–Crippen LogP) is 1.96. The van der Waals surface area contributed by atoms with Crippen molar-refractivity contribution < 1.29 is 4.74 Å². The smallest absolute Gasteiger partial charge is 0.193 e. The zero-order valence-corrected chi connectivity index (χ0v) is 7.40. The molecule has 0 heterocycles. The van der Waals surface area contributed by atoms with Gasteiger partial charge in [-0.05, 0) is 0 Å². The van der Waals surface area contributed by atoms with Crippen LogP contribution in [0, 0.1) is 5.92 Å². The Morgan fingerprint density at radius 3 is 2.17 bits per heavy atom. The Morgan fingerprint density at radius 2 is 1.75 bits per heavy atom. The van der Waals surface area contributed by atoms with E-state index in [-0.39, 0.29) is 5.92 Å². The van der Waals surface area contributed by atoms with E-state index >= 15 is 0 Å². The van der Waals surface area contributed by atoms with E-state index in [0.29, 0.717) is 0 Å². The summed E-state index contributed by atoms with van der Waals surface area (Å²) in [5, 5.41) is 0. The van der Waals surface area contributed by atoms with Gasteiger partial charge in [-0.15, -0.1) is 0 Å². The Morgan fingerprint density at radius 1 is 1.17 bits per heavy atom. The maximum atomic E-state index is 5.11. The van der Waals surface area contributed by atoms with Crippen molar-refractivity contribution in [3.05, 3.63) is 36.5 Å². The molecule has 0 N–H and O–H groups in total. The lowest BCUT2D eigenvalue weighted by atomic mass is 10.1. The second-order valence-electron chi connectivity index (χ2n) is 2.45. The van der Waals surface area contributed by atoms with E-state index in [1.54, 1.807) is 14.2 Å². The molecule has 0 radical (unpaired) electrons. The van der Waals surface area contributed by atoms with Crippen molar-refractivity contribution in [2.45, 2.75) is 0 Å². The molecule has 0 aromatic carbocycles. The first-order valence-corrected chi connectivity index (χ1v) is 3.91. The average molecular weight is 163 g/mol. The van der Waals surface area contributed by atoms with Gasteiger partial charge in [0, 0.05) is 7.05 Å². The van der Waals surface area contributed by atoms with Crippen LogP contribution in [0.4, 0.5) is 0 Å². The van der Waals surface area contributed by atoms with Crippen LogP contribution in [0.1, 0.15) is 0 Å². The summed E-state index contributed by atoms with van der Waals surface area (Å²) in [7, 11) is 3.38. The minimum absolute atomic E-state index is 0.176. The van der Waals surface area contributed by atoms with Crippen LogP contribution < -0.4 is 0 Å². The monoisotopic (exact) mass is 163 g/mol. The zero-order chi connectivity index (χ0) is 8.81. The van der Waals surface area contributed by atoms with E-state index in [1.807, 2.05) is 36.5 Å². The Hall–Kier alpha value is -1.31. The van der Waals surface area contributed by atoms with Crippen molar-refractivity contribution in [2.75, 3.05) is 14.2 Å². The highest BCUT2D eigenvalue weighted by Crippen LogP contribution is 2.08. The highest BCUT2D eigenvalue weighted by molar-refractivity contribution is 5.82. The number of rotatable bonds is 1. The second-order valence-corrected chi connectivity index (χ2v) is 2.45. The first-order valence-electron chi connectivity index (χ1n) is 3.91. The Kier molecular flexibility index (Phi) is 3.33. The lowest BCUT2D eigenvalue weighted by Gasteiger charge is -2.08. The number of nitrogens with zero attached hydrogens (tertiary/aromatic N) is 1. The normalized spacial score (nSPS) is 18.0. The molecule has 0 saturated carbocycles. The summed E-state index contributed by atoms with van der Waals surface area (Å²) in [6.45, 7) is 0. The van der Waals surface area contributed by atoms with Crippen molar-refractivity contribution >= 4 is 5.90 Å². The standard InChI is InChI=1S/C10H13NO/c1-11-10(12-2)9-7-5-3-4-6-8-9/h3-9H,1-2H3. The molecule has 12 heavy (non-hydrogen) atoms. The van der Waals surface area contributed by atoms with E-state index in [9.17, 15) is 0 Å². The van der Waals surface area contributed by atoms with Crippen molar-refractivity contribution in [2.24, 2.45) is 10.9 Å². The summed E-state index contributed by atoms with van der Waals surface area (Å²) < 4.78 is 5.11. The van der Waals surface area contributed by atoms with Crippen molar-refractivity contribution in [3.63, 3.8) is 0 Å². The van der Waals surface area contributed by atoms with Crippen LogP contribution in [0.3, 0.4) is 0 Å². The summed E-state index contributed by atoms with van der Waals surface area (Å²) in [5.74, 6) is 0.918. The summed E-state index contributed by atoms with van der Waals surface area (Å²) in [6.07, 6.45) is 12.1. The molecule has 0 spiro atoms. The summed E-state index contributed by atoms with van der Waals surface area (Å²) >= 11 is 0. The molecular weight excluding hydrogens is 150 g/mol. The van der Waals surface area contributed by atoms with Gasteiger partial charge in [-0.25, -0.2) is 0 Å². The molecular formula is C10H13NO. The van der Waals surface area contributed by atoms with E-state index in [4.69, 9.17) is 4.74 Å². The van der Waals surface area contributed by atoms with Gasteiger partial charge in [0.1, 0.15) is 0 Å². The van der Waals surface area contributed by atoms with Gasteiger partial charge in [-0.2, -0.15) is 0 Å². The largest absolute Gasteiger partial charge is 0.484 e. The predicted molar refractivity (Wildman–Crippen MR) is 51.3 cm³/mol. The fourth-order valence-electron chi connectivity index (χ4n) is 1.10. The molecule has 1 rings (SSSR count). The molecule has 0 atom stereocenters. The number of aliphatic imine (C=N–C) groups is 1. The number of hydrogen-bond donors (Lipinski definition) is 0. The van der Waals surface area contributed by atoms with Crippen molar-refractivity contribution in [1.29, 1.82) is 0 Å². The molecule has 0 bridgehead atoms. The minimum Gasteiger partial charge on any atom is -0.484 e. The Balaban J connectivity index is 2.75. The summed E-state index contributed by atoms with van der Waals surface area (Å²) in [5.41, 5.74) is 0. The number of methoxy groups -OCH3 is 1. The molecule has 0 unspecified atom stereocenters. The molecule has 0 aliphatic heterocycles. The van der Waals surface area contributed by atoms with E-state index in [0.717, 1.165) is 5.90 Å². The third-order valence-corrected chi connectivity index (χ3v) is 1.68. The number of allylic oxidation sites excluding steroid dienone is 4. The molecule has 0 aromatic rings. The van der Waals surface area contributed by atoms with Gasteiger partial charge in [-0.3, -0.25) is 4.99 Å². The van der Waals surface area contributed by atoms with E-state index in [1.165, 1.54) is 0 Å². The van der Waals surface area contributed by atoms with Crippen molar-refractivity contribution in [1.82, 2.24) is 0 Å². The van der Waals surface area contributed by atoms with Crippen LogP contribution in [0.15, 0.2) is 41.4 Å². The van der Waals surface area contributed by atoms with Crippen molar-refractivity contribution in [3.8, 4) is 0 Å². The fourth-order valence-corrected chi connectivity index (χ4v) is 1.10. The molecule has 2 heteroatoms. The van der Waals surface area contributed by atoms with Gasteiger partial charge < -0.3 is 4.74 Å². The molecule has 1 aliphatic carbocycles. The number of hydrogen-bond acceptors (Lipinski definition) is 2. The molecule has 0 amide bonds. The van der Waals surface area contributed by atoms with E-state index < -0.39 is 0 Å².